The minimum atomic E-state index is -0.874. The molecule has 1 N–H and O–H groups in total. The molecule has 1 atom stereocenters. The lowest BCUT2D eigenvalue weighted by Crippen LogP contribution is -2.31. The van der Waals surface area contributed by atoms with Gasteiger partial charge in [0.15, 0.2) is 0 Å². The zero-order valence-corrected chi connectivity index (χ0v) is 19.1. The molecule has 3 aromatic carbocycles. The van der Waals surface area contributed by atoms with Crippen LogP contribution in [0.5, 0.6) is 5.75 Å². The van der Waals surface area contributed by atoms with Gasteiger partial charge >= 0.3 is 0 Å². The van der Waals surface area contributed by atoms with Gasteiger partial charge in [-0.15, -0.1) is 0 Å². The maximum absolute atomic E-state index is 13.1. The molecule has 0 saturated carbocycles. The number of benzene rings is 3. The third kappa shape index (κ3) is 5.13. The van der Waals surface area contributed by atoms with E-state index in [1.807, 2.05) is 56.3 Å². The van der Waals surface area contributed by atoms with E-state index in [0.717, 1.165) is 39.1 Å². The van der Waals surface area contributed by atoms with Crippen LogP contribution in [0.4, 0.5) is 0 Å². The molecule has 6 heteroatoms. The van der Waals surface area contributed by atoms with Gasteiger partial charge in [-0.05, 0) is 49.2 Å². The molecule has 1 heterocycles. The Morgan fingerprint density at radius 1 is 1.00 bits per heavy atom. The number of aromatic nitrogens is 2. The van der Waals surface area contributed by atoms with Gasteiger partial charge in [-0.2, -0.15) is 5.10 Å². The van der Waals surface area contributed by atoms with Crippen molar-refractivity contribution in [3.05, 3.63) is 93.8 Å². The van der Waals surface area contributed by atoms with Gasteiger partial charge in [0, 0.05) is 10.9 Å². The highest BCUT2D eigenvalue weighted by Gasteiger charge is 2.16. The summed E-state index contributed by atoms with van der Waals surface area (Å²) in [5.74, 6) is 0.778. The molecule has 0 aliphatic heterocycles. The van der Waals surface area contributed by atoms with Crippen LogP contribution in [0.2, 0.25) is 0 Å². The lowest BCUT2D eigenvalue weighted by Gasteiger charge is -2.16. The van der Waals surface area contributed by atoms with Crippen LogP contribution in [-0.2, 0) is 17.9 Å². The number of fused-ring (bicyclic) bond motifs is 1. The van der Waals surface area contributed by atoms with Crippen molar-refractivity contribution in [1.29, 1.82) is 0 Å². The normalized spacial score (nSPS) is 12.1. The van der Waals surface area contributed by atoms with E-state index >= 15 is 0 Å². The van der Waals surface area contributed by atoms with E-state index in [1.165, 1.54) is 4.68 Å². The molecule has 0 spiro atoms. The van der Waals surface area contributed by atoms with Crippen LogP contribution in [0.1, 0.15) is 16.7 Å². The number of aliphatic hydroxyl groups excluding tert-OH is 1. The predicted molar refractivity (Wildman–Crippen MR) is 130 cm³/mol. The summed E-state index contributed by atoms with van der Waals surface area (Å²) in [6.45, 7) is 4.55. The van der Waals surface area contributed by atoms with Gasteiger partial charge in [0.2, 0.25) is 0 Å². The second kappa shape index (κ2) is 9.98. The Morgan fingerprint density at radius 2 is 1.73 bits per heavy atom. The summed E-state index contributed by atoms with van der Waals surface area (Å²) in [6, 6.07) is 21.2. The Kier molecular flexibility index (Phi) is 6.87. The lowest BCUT2D eigenvalue weighted by atomic mass is 9.99. The third-order valence-corrected chi connectivity index (χ3v) is 5.64. The first kappa shape index (κ1) is 22.7. The van der Waals surface area contributed by atoms with Gasteiger partial charge in [-0.25, -0.2) is 4.68 Å². The van der Waals surface area contributed by atoms with Crippen LogP contribution >= 0.6 is 0 Å². The number of aryl methyl sites for hydroxylation is 2. The molecule has 0 fully saturated rings. The van der Waals surface area contributed by atoms with E-state index in [9.17, 15) is 9.90 Å². The molecule has 1 aromatic heterocycles. The molecule has 0 amide bonds. The maximum atomic E-state index is 13.1. The highest BCUT2D eigenvalue weighted by molar-refractivity contribution is 5.94. The number of ether oxygens (including phenoxy) is 2. The first-order valence-corrected chi connectivity index (χ1v) is 10.9. The summed E-state index contributed by atoms with van der Waals surface area (Å²) >= 11 is 0. The van der Waals surface area contributed by atoms with Crippen molar-refractivity contribution in [2.75, 3.05) is 13.7 Å². The molecule has 33 heavy (non-hydrogen) atoms. The Balaban J connectivity index is 1.56. The van der Waals surface area contributed by atoms with Gasteiger partial charge in [-0.3, -0.25) is 4.79 Å². The first-order chi connectivity index (χ1) is 16.0. The Labute approximate surface area is 193 Å². The maximum Gasteiger partial charge on any atom is 0.274 e. The lowest BCUT2D eigenvalue weighted by molar-refractivity contribution is 0.0181. The SMILES string of the molecule is COc1ccc(COCC(O)Cn2nc(-c3cc(C)ccc3C)c3ccccc3c2=O)cc1. The van der Waals surface area contributed by atoms with Gasteiger partial charge in [-0.1, -0.05) is 48.0 Å². The van der Waals surface area contributed by atoms with E-state index in [2.05, 4.69) is 23.3 Å². The van der Waals surface area contributed by atoms with Crippen LogP contribution in [0.25, 0.3) is 22.0 Å². The molecular formula is C27H28N2O4. The number of hydrogen-bond donors (Lipinski definition) is 1. The van der Waals surface area contributed by atoms with Gasteiger partial charge in [0.1, 0.15) is 5.75 Å². The molecule has 0 aliphatic carbocycles. The van der Waals surface area contributed by atoms with Crippen molar-refractivity contribution in [2.24, 2.45) is 0 Å². The Bertz CT molecular complexity index is 1310. The first-order valence-electron chi connectivity index (χ1n) is 10.9. The fourth-order valence-electron chi connectivity index (χ4n) is 3.84. The molecule has 0 bridgehead atoms. The molecular weight excluding hydrogens is 416 g/mol. The molecule has 0 radical (unpaired) electrons. The van der Waals surface area contributed by atoms with Crippen molar-refractivity contribution >= 4 is 10.8 Å². The highest BCUT2D eigenvalue weighted by Crippen LogP contribution is 2.28. The highest BCUT2D eigenvalue weighted by atomic mass is 16.5. The smallest absolute Gasteiger partial charge is 0.274 e. The zero-order chi connectivity index (χ0) is 23.4. The third-order valence-electron chi connectivity index (χ3n) is 5.64. The van der Waals surface area contributed by atoms with Gasteiger partial charge in [0.05, 0.1) is 44.1 Å². The molecule has 1 unspecified atom stereocenters. The summed E-state index contributed by atoms with van der Waals surface area (Å²) in [7, 11) is 1.62. The summed E-state index contributed by atoms with van der Waals surface area (Å²) in [4.78, 5) is 13.1. The van der Waals surface area contributed by atoms with Gasteiger partial charge < -0.3 is 14.6 Å². The van der Waals surface area contributed by atoms with Crippen molar-refractivity contribution in [2.45, 2.75) is 33.1 Å². The van der Waals surface area contributed by atoms with E-state index in [-0.39, 0.29) is 18.7 Å². The summed E-state index contributed by atoms with van der Waals surface area (Å²) < 4.78 is 12.2. The topological polar surface area (TPSA) is 73.6 Å². The number of methoxy groups -OCH3 is 1. The van der Waals surface area contributed by atoms with Crippen LogP contribution < -0.4 is 10.3 Å². The van der Waals surface area contributed by atoms with Crippen LogP contribution in [0.3, 0.4) is 0 Å². The van der Waals surface area contributed by atoms with Crippen LogP contribution in [0, 0.1) is 13.8 Å². The van der Waals surface area contributed by atoms with E-state index in [1.54, 1.807) is 13.2 Å². The van der Waals surface area contributed by atoms with Crippen molar-refractivity contribution in [3.63, 3.8) is 0 Å². The summed E-state index contributed by atoms with van der Waals surface area (Å²) in [5, 5.41) is 16.6. The van der Waals surface area contributed by atoms with E-state index in [4.69, 9.17) is 9.47 Å². The fourth-order valence-corrected chi connectivity index (χ4v) is 3.84. The summed E-state index contributed by atoms with van der Waals surface area (Å²) in [6.07, 6.45) is -0.874. The fraction of sp³-hybridized carbons (Fsp3) is 0.259. The van der Waals surface area contributed by atoms with E-state index < -0.39 is 6.10 Å². The molecule has 4 rings (SSSR count). The number of nitrogens with zero attached hydrogens (tertiary/aromatic N) is 2. The molecule has 0 saturated heterocycles. The monoisotopic (exact) mass is 444 g/mol. The minimum absolute atomic E-state index is 0.0458. The minimum Gasteiger partial charge on any atom is -0.497 e. The van der Waals surface area contributed by atoms with Crippen LogP contribution in [-0.4, -0.2) is 34.7 Å². The molecule has 0 aliphatic rings. The van der Waals surface area contributed by atoms with Gasteiger partial charge in [0.25, 0.3) is 5.56 Å². The van der Waals surface area contributed by atoms with E-state index in [0.29, 0.717) is 12.0 Å². The average molecular weight is 445 g/mol. The Hall–Kier alpha value is -3.48. The van der Waals surface area contributed by atoms with Crippen molar-refractivity contribution in [1.82, 2.24) is 9.78 Å². The van der Waals surface area contributed by atoms with Crippen molar-refractivity contribution in [3.8, 4) is 17.0 Å². The number of hydrogen-bond acceptors (Lipinski definition) is 5. The molecule has 6 nitrogen and oxygen atoms in total. The van der Waals surface area contributed by atoms with Crippen LogP contribution in [0.15, 0.2) is 71.5 Å². The van der Waals surface area contributed by atoms with Crippen molar-refractivity contribution < 1.29 is 14.6 Å². The average Bonchev–Trinajstić information content (AvgIpc) is 2.83. The number of rotatable bonds is 8. The quantitative estimate of drug-likeness (QED) is 0.439. The largest absolute Gasteiger partial charge is 0.497 e. The number of aliphatic hydroxyl groups is 1. The summed E-state index contributed by atoms with van der Waals surface area (Å²) in [5.41, 5.74) is 4.65. The molecule has 170 valence electrons. The Morgan fingerprint density at radius 3 is 2.45 bits per heavy atom. The zero-order valence-electron chi connectivity index (χ0n) is 19.1. The molecule has 4 aromatic rings. The second-order valence-corrected chi connectivity index (χ2v) is 8.22. The predicted octanol–water partition coefficient (Wildman–Crippen LogP) is 4.27. The standard InChI is InChI=1S/C27H28N2O4/c1-18-8-9-19(2)25(14-18)26-23-6-4-5-7-24(23)27(31)29(28-26)15-21(30)17-33-16-20-10-12-22(32-3)13-11-20/h4-14,21,30H,15-17H2,1-3H3. The second-order valence-electron chi connectivity index (χ2n) is 8.22.